The van der Waals surface area contributed by atoms with Gasteiger partial charge in [0.15, 0.2) is 5.82 Å². The molecule has 0 unspecified atom stereocenters. The van der Waals surface area contributed by atoms with E-state index in [1.807, 2.05) is 32.0 Å². The summed E-state index contributed by atoms with van der Waals surface area (Å²) in [6.45, 7) is 4.53. The standard InChI is InChI=1S/C14H14ClN3O2/c1-8(2)20-14-17-12(16-13(15)18-14)10-3-4-11-9(7-10)5-6-19-11/h3-4,7-8H,5-6H2,1-2H3. The summed E-state index contributed by atoms with van der Waals surface area (Å²) in [4.78, 5) is 12.4. The monoisotopic (exact) mass is 291 g/mol. The van der Waals surface area contributed by atoms with Crippen LogP contribution in [0.25, 0.3) is 11.4 Å². The van der Waals surface area contributed by atoms with E-state index >= 15 is 0 Å². The number of hydrogen-bond donors (Lipinski definition) is 0. The molecule has 0 saturated carbocycles. The molecule has 0 saturated heterocycles. The molecule has 0 N–H and O–H groups in total. The zero-order valence-electron chi connectivity index (χ0n) is 11.3. The molecule has 1 aliphatic rings. The van der Waals surface area contributed by atoms with Crippen LogP contribution in [-0.2, 0) is 6.42 Å². The molecule has 1 aromatic carbocycles. The van der Waals surface area contributed by atoms with Crippen molar-refractivity contribution in [3.63, 3.8) is 0 Å². The lowest BCUT2D eigenvalue weighted by atomic mass is 10.1. The van der Waals surface area contributed by atoms with Gasteiger partial charge in [-0.2, -0.15) is 15.0 Å². The number of hydrogen-bond acceptors (Lipinski definition) is 5. The van der Waals surface area contributed by atoms with E-state index in [1.165, 1.54) is 0 Å². The lowest BCUT2D eigenvalue weighted by molar-refractivity contribution is 0.222. The number of fused-ring (bicyclic) bond motifs is 1. The largest absolute Gasteiger partial charge is 0.493 e. The molecule has 5 nitrogen and oxygen atoms in total. The van der Waals surface area contributed by atoms with Gasteiger partial charge in [0.25, 0.3) is 0 Å². The van der Waals surface area contributed by atoms with Crippen LogP contribution >= 0.6 is 11.6 Å². The predicted molar refractivity (Wildman–Crippen MR) is 75.2 cm³/mol. The molecule has 6 heteroatoms. The van der Waals surface area contributed by atoms with Gasteiger partial charge in [0, 0.05) is 12.0 Å². The van der Waals surface area contributed by atoms with Crippen LogP contribution in [0.4, 0.5) is 0 Å². The molecule has 0 amide bonds. The fourth-order valence-electron chi connectivity index (χ4n) is 2.05. The van der Waals surface area contributed by atoms with E-state index in [0.717, 1.165) is 29.9 Å². The lowest BCUT2D eigenvalue weighted by Gasteiger charge is -2.09. The van der Waals surface area contributed by atoms with Crippen LogP contribution in [-0.4, -0.2) is 27.7 Å². The van der Waals surface area contributed by atoms with Crippen LogP contribution in [0, 0.1) is 0 Å². The van der Waals surface area contributed by atoms with E-state index in [-0.39, 0.29) is 17.4 Å². The Morgan fingerprint density at radius 1 is 1.25 bits per heavy atom. The van der Waals surface area contributed by atoms with Crippen LogP contribution in [0.5, 0.6) is 11.8 Å². The Balaban J connectivity index is 1.99. The zero-order chi connectivity index (χ0) is 14.1. The fraction of sp³-hybridized carbons (Fsp3) is 0.357. The maximum absolute atomic E-state index is 5.93. The summed E-state index contributed by atoms with van der Waals surface area (Å²) >= 11 is 5.93. The quantitative estimate of drug-likeness (QED) is 0.870. The van der Waals surface area contributed by atoms with Gasteiger partial charge in [-0.1, -0.05) is 0 Å². The molecule has 1 aliphatic heterocycles. The van der Waals surface area contributed by atoms with Gasteiger partial charge >= 0.3 is 6.01 Å². The van der Waals surface area contributed by atoms with Gasteiger partial charge in [0.1, 0.15) is 5.75 Å². The molecule has 20 heavy (non-hydrogen) atoms. The number of ether oxygens (including phenoxy) is 2. The molecule has 104 valence electrons. The second-order valence-corrected chi connectivity index (χ2v) is 5.14. The summed E-state index contributed by atoms with van der Waals surface area (Å²) < 4.78 is 11.0. The van der Waals surface area contributed by atoms with E-state index < -0.39 is 0 Å². The summed E-state index contributed by atoms with van der Waals surface area (Å²) in [5, 5.41) is 0.127. The van der Waals surface area contributed by atoms with Gasteiger partial charge in [-0.3, -0.25) is 0 Å². The molecule has 3 rings (SSSR count). The second kappa shape index (κ2) is 5.25. The Hall–Kier alpha value is -1.88. The van der Waals surface area contributed by atoms with Gasteiger partial charge in [0.2, 0.25) is 5.28 Å². The van der Waals surface area contributed by atoms with Crippen molar-refractivity contribution < 1.29 is 9.47 Å². The summed E-state index contributed by atoms with van der Waals surface area (Å²) in [6.07, 6.45) is 0.881. The first-order chi connectivity index (χ1) is 9.61. The van der Waals surface area contributed by atoms with Crippen LogP contribution < -0.4 is 9.47 Å². The molecule has 1 aromatic heterocycles. The zero-order valence-corrected chi connectivity index (χ0v) is 12.0. The topological polar surface area (TPSA) is 57.1 Å². The first-order valence-electron chi connectivity index (χ1n) is 6.46. The van der Waals surface area contributed by atoms with Crippen molar-refractivity contribution in [2.45, 2.75) is 26.4 Å². The van der Waals surface area contributed by atoms with Crippen molar-refractivity contribution in [1.29, 1.82) is 0 Å². The van der Waals surface area contributed by atoms with Crippen LogP contribution in [0.15, 0.2) is 18.2 Å². The lowest BCUT2D eigenvalue weighted by Crippen LogP contribution is -2.09. The Labute approximate surface area is 121 Å². The third kappa shape index (κ3) is 2.67. The normalized spacial score (nSPS) is 13.2. The highest BCUT2D eigenvalue weighted by molar-refractivity contribution is 6.28. The molecule has 2 aromatic rings. The van der Waals surface area contributed by atoms with Crippen molar-refractivity contribution in [3.05, 3.63) is 29.0 Å². The third-order valence-electron chi connectivity index (χ3n) is 2.88. The number of nitrogens with zero attached hydrogens (tertiary/aromatic N) is 3. The van der Waals surface area contributed by atoms with E-state index in [9.17, 15) is 0 Å². The summed E-state index contributed by atoms with van der Waals surface area (Å²) in [7, 11) is 0. The Kier molecular flexibility index (Phi) is 3.44. The van der Waals surface area contributed by atoms with Crippen molar-refractivity contribution >= 4 is 11.6 Å². The maximum Gasteiger partial charge on any atom is 0.321 e. The summed E-state index contributed by atoms with van der Waals surface area (Å²) in [5.41, 5.74) is 2.04. The molecule has 0 fully saturated rings. The summed E-state index contributed by atoms with van der Waals surface area (Å²) in [6, 6.07) is 6.10. The predicted octanol–water partition coefficient (Wildman–Crippen LogP) is 2.91. The van der Waals surface area contributed by atoms with Gasteiger partial charge in [-0.15, -0.1) is 0 Å². The van der Waals surface area contributed by atoms with E-state index in [2.05, 4.69) is 15.0 Å². The molecule has 2 heterocycles. The maximum atomic E-state index is 5.93. The highest BCUT2D eigenvalue weighted by Gasteiger charge is 2.15. The van der Waals surface area contributed by atoms with E-state index in [1.54, 1.807) is 0 Å². The summed E-state index contributed by atoms with van der Waals surface area (Å²) in [5.74, 6) is 1.43. The Morgan fingerprint density at radius 3 is 2.90 bits per heavy atom. The first-order valence-corrected chi connectivity index (χ1v) is 6.84. The third-order valence-corrected chi connectivity index (χ3v) is 3.05. The minimum absolute atomic E-state index is 0.0188. The number of benzene rings is 1. The number of halogens is 1. The Morgan fingerprint density at radius 2 is 2.10 bits per heavy atom. The second-order valence-electron chi connectivity index (χ2n) is 4.80. The average molecular weight is 292 g/mol. The van der Waals surface area contributed by atoms with Crippen molar-refractivity contribution in [3.8, 4) is 23.1 Å². The Bertz CT molecular complexity index is 646. The molecule has 0 atom stereocenters. The highest BCUT2D eigenvalue weighted by atomic mass is 35.5. The van der Waals surface area contributed by atoms with Crippen molar-refractivity contribution in [2.75, 3.05) is 6.61 Å². The smallest absolute Gasteiger partial charge is 0.321 e. The van der Waals surface area contributed by atoms with Crippen LogP contribution in [0.1, 0.15) is 19.4 Å². The number of rotatable bonds is 3. The number of aromatic nitrogens is 3. The molecular weight excluding hydrogens is 278 g/mol. The van der Waals surface area contributed by atoms with Gasteiger partial charge < -0.3 is 9.47 Å². The van der Waals surface area contributed by atoms with Gasteiger partial charge in [-0.05, 0) is 49.2 Å². The molecular formula is C14H14ClN3O2. The SMILES string of the molecule is CC(C)Oc1nc(Cl)nc(-c2ccc3c(c2)CCO3)n1. The van der Waals surface area contributed by atoms with Gasteiger partial charge in [0.05, 0.1) is 12.7 Å². The van der Waals surface area contributed by atoms with E-state index in [4.69, 9.17) is 21.1 Å². The molecule has 0 radical (unpaired) electrons. The average Bonchev–Trinajstić information content (AvgIpc) is 2.84. The molecule has 0 bridgehead atoms. The van der Waals surface area contributed by atoms with Crippen molar-refractivity contribution in [2.24, 2.45) is 0 Å². The van der Waals surface area contributed by atoms with Gasteiger partial charge in [-0.25, -0.2) is 0 Å². The fourth-order valence-corrected chi connectivity index (χ4v) is 2.20. The minimum atomic E-state index is -0.0188. The first kappa shape index (κ1) is 13.1. The minimum Gasteiger partial charge on any atom is -0.493 e. The highest BCUT2D eigenvalue weighted by Crippen LogP contribution is 2.29. The van der Waals surface area contributed by atoms with Crippen LogP contribution in [0.2, 0.25) is 5.28 Å². The van der Waals surface area contributed by atoms with Crippen molar-refractivity contribution in [1.82, 2.24) is 15.0 Å². The molecule has 0 aliphatic carbocycles. The van der Waals surface area contributed by atoms with E-state index in [0.29, 0.717) is 5.82 Å². The van der Waals surface area contributed by atoms with Crippen LogP contribution in [0.3, 0.4) is 0 Å². The molecule has 0 spiro atoms.